The van der Waals surface area contributed by atoms with Crippen LogP contribution in [0, 0.1) is 18.1 Å². The number of anilines is 2. The molecule has 2 N–H and O–H groups in total. The zero-order valence-electron chi connectivity index (χ0n) is 23.2. The van der Waals surface area contributed by atoms with E-state index in [9.17, 15) is 14.4 Å². The number of nitrogens with zero attached hydrogens (tertiary/aromatic N) is 3. The highest BCUT2D eigenvalue weighted by atomic mass is 16.6. The van der Waals surface area contributed by atoms with Gasteiger partial charge in [-0.05, 0) is 52.2 Å². The van der Waals surface area contributed by atoms with E-state index in [1.807, 2.05) is 6.92 Å². The zero-order valence-corrected chi connectivity index (χ0v) is 23.2. The number of carbonyl (C=O) groups is 3. The first-order chi connectivity index (χ1) is 18.6. The Kier molecular flexibility index (Phi) is 10.3. The molecule has 2 aromatic rings. The van der Waals surface area contributed by atoms with Crippen LogP contribution in [0.5, 0.6) is 0 Å². The number of amides is 1. The summed E-state index contributed by atoms with van der Waals surface area (Å²) in [5.74, 6) is 0.416. The minimum Gasteiger partial charge on any atom is -0.469 e. The third-order valence-corrected chi connectivity index (χ3v) is 6.13. The lowest BCUT2D eigenvalue weighted by Gasteiger charge is -2.33. The molecule has 1 atom stereocenters. The molecule has 2 heterocycles. The van der Waals surface area contributed by atoms with E-state index in [-0.39, 0.29) is 25.0 Å². The molecule has 11 nitrogen and oxygen atoms in total. The number of alkyl carbamates (subject to hydrolysis) is 1. The van der Waals surface area contributed by atoms with E-state index >= 15 is 0 Å². The molecule has 210 valence electrons. The molecule has 0 aliphatic carbocycles. The number of hydrogen-bond donors (Lipinski definition) is 2. The maximum absolute atomic E-state index is 12.9. The summed E-state index contributed by atoms with van der Waals surface area (Å²) >= 11 is 0. The highest BCUT2D eigenvalue weighted by Gasteiger charge is 2.30. The SMILES string of the molecule is CCc1c(NCC(NC(=O)OCc2c#cccc2)C(=O)OC(C)(C)C)ncnc1N1CCC(C(=O)OC)CC1. The molecule has 1 aromatic carbocycles. The molecule has 11 heteroatoms. The van der Waals surface area contributed by atoms with Crippen molar-refractivity contribution in [3.63, 3.8) is 0 Å². The number of carbonyl (C=O) groups excluding carboxylic acids is 3. The molecular formula is C28H37N5O6. The standard InChI is InChI=1S/C28H37N5O6/c1-6-21-23(30-18-31-24(21)33-14-12-20(13-15-33)25(34)37-5)29-16-22(26(35)39-28(2,3)4)32-27(36)38-17-19-10-8-7-9-11-19/h7-8,10,18,20,22H,6,12-17H2,1-5H3,(H,32,36)(H,29,30,31). The molecule has 3 rings (SSSR count). The summed E-state index contributed by atoms with van der Waals surface area (Å²) in [5, 5.41) is 5.79. The summed E-state index contributed by atoms with van der Waals surface area (Å²) in [4.78, 5) is 48.4. The highest BCUT2D eigenvalue weighted by molar-refractivity contribution is 5.82. The number of hydrogen-bond acceptors (Lipinski definition) is 10. The molecule has 0 spiro atoms. The number of esters is 2. The molecule has 0 bridgehead atoms. The van der Waals surface area contributed by atoms with Crippen LogP contribution in [0.4, 0.5) is 16.4 Å². The van der Waals surface area contributed by atoms with Gasteiger partial charge >= 0.3 is 18.0 Å². The summed E-state index contributed by atoms with van der Waals surface area (Å²) in [5.41, 5.74) is 0.773. The highest BCUT2D eigenvalue weighted by Crippen LogP contribution is 2.28. The predicted molar refractivity (Wildman–Crippen MR) is 144 cm³/mol. The maximum Gasteiger partial charge on any atom is 0.408 e. The Hall–Kier alpha value is -4.07. The van der Waals surface area contributed by atoms with Gasteiger partial charge in [0.1, 0.15) is 36.2 Å². The van der Waals surface area contributed by atoms with Crippen molar-refractivity contribution in [3.05, 3.63) is 47.8 Å². The fourth-order valence-corrected chi connectivity index (χ4v) is 4.21. The van der Waals surface area contributed by atoms with Crippen LogP contribution in [-0.2, 0) is 36.8 Å². The Morgan fingerprint density at radius 2 is 1.95 bits per heavy atom. The topological polar surface area (TPSA) is 132 Å². The Morgan fingerprint density at radius 1 is 1.21 bits per heavy atom. The van der Waals surface area contributed by atoms with Gasteiger partial charge in [0.05, 0.1) is 13.0 Å². The minimum atomic E-state index is -1.04. The van der Waals surface area contributed by atoms with Crippen LogP contribution >= 0.6 is 0 Å². The number of piperidine rings is 1. The van der Waals surface area contributed by atoms with Gasteiger partial charge in [0.25, 0.3) is 0 Å². The quantitative estimate of drug-likeness (QED) is 0.343. The van der Waals surface area contributed by atoms with Crippen LogP contribution in [0.25, 0.3) is 0 Å². The van der Waals surface area contributed by atoms with Crippen LogP contribution in [0.1, 0.15) is 51.7 Å². The number of nitrogens with one attached hydrogen (secondary N) is 2. The Labute approximate surface area is 229 Å². The smallest absolute Gasteiger partial charge is 0.408 e. The van der Waals surface area contributed by atoms with E-state index < -0.39 is 23.7 Å². The molecule has 1 aromatic heterocycles. The fraction of sp³-hybridized carbons (Fsp3) is 0.536. The third-order valence-electron chi connectivity index (χ3n) is 6.13. The number of methoxy groups -OCH3 is 1. The molecule has 1 saturated heterocycles. The lowest BCUT2D eigenvalue weighted by molar-refractivity contribution is -0.157. The van der Waals surface area contributed by atoms with Gasteiger partial charge in [0.2, 0.25) is 0 Å². The number of rotatable bonds is 10. The van der Waals surface area contributed by atoms with Gasteiger partial charge in [-0.25, -0.2) is 19.6 Å². The van der Waals surface area contributed by atoms with E-state index in [0.717, 1.165) is 11.4 Å². The molecule has 1 aliphatic heterocycles. The van der Waals surface area contributed by atoms with Crippen molar-refractivity contribution < 1.29 is 28.6 Å². The van der Waals surface area contributed by atoms with Crippen LogP contribution in [0.15, 0.2) is 24.5 Å². The van der Waals surface area contributed by atoms with Gasteiger partial charge in [-0.1, -0.05) is 25.1 Å². The average Bonchev–Trinajstić information content (AvgIpc) is 2.93. The number of aromatic nitrogens is 2. The Balaban J connectivity index is 1.69. The van der Waals surface area contributed by atoms with Crippen molar-refractivity contribution in [1.29, 1.82) is 0 Å². The molecular weight excluding hydrogens is 502 g/mol. The normalized spacial score (nSPS) is 14.5. The van der Waals surface area contributed by atoms with Gasteiger partial charge in [-0.2, -0.15) is 0 Å². The zero-order chi connectivity index (χ0) is 28.4. The second-order valence-corrected chi connectivity index (χ2v) is 10.2. The summed E-state index contributed by atoms with van der Waals surface area (Å²) in [6, 6.07) is 9.84. The van der Waals surface area contributed by atoms with Crippen LogP contribution in [0.2, 0.25) is 0 Å². The summed E-state index contributed by atoms with van der Waals surface area (Å²) in [7, 11) is 1.41. The van der Waals surface area contributed by atoms with Crippen molar-refractivity contribution in [3.8, 4) is 0 Å². The first kappa shape index (κ1) is 29.5. The second-order valence-electron chi connectivity index (χ2n) is 10.2. The van der Waals surface area contributed by atoms with Crippen molar-refractivity contribution >= 4 is 29.7 Å². The number of ether oxygens (including phenoxy) is 3. The van der Waals surface area contributed by atoms with E-state index in [4.69, 9.17) is 14.2 Å². The molecule has 0 radical (unpaired) electrons. The van der Waals surface area contributed by atoms with Crippen LogP contribution in [0.3, 0.4) is 0 Å². The Bertz CT molecular complexity index is 1110. The van der Waals surface area contributed by atoms with Gasteiger partial charge < -0.3 is 29.7 Å². The lowest BCUT2D eigenvalue weighted by Crippen LogP contribution is -2.48. The largest absolute Gasteiger partial charge is 0.469 e. The van der Waals surface area contributed by atoms with Gasteiger partial charge in [0, 0.05) is 30.8 Å². The predicted octanol–water partition coefficient (Wildman–Crippen LogP) is 3.08. The van der Waals surface area contributed by atoms with Gasteiger partial charge in [-0.15, -0.1) is 0 Å². The Morgan fingerprint density at radius 3 is 2.56 bits per heavy atom. The molecule has 1 aliphatic rings. The van der Waals surface area contributed by atoms with Gasteiger partial charge in [0.15, 0.2) is 0 Å². The summed E-state index contributed by atoms with van der Waals surface area (Å²) in [6.07, 6.45) is 2.67. The van der Waals surface area contributed by atoms with Gasteiger partial charge in [-0.3, -0.25) is 4.79 Å². The molecule has 39 heavy (non-hydrogen) atoms. The summed E-state index contributed by atoms with van der Waals surface area (Å²) in [6.45, 7) is 8.58. The average molecular weight is 540 g/mol. The van der Waals surface area contributed by atoms with E-state index in [0.29, 0.717) is 43.7 Å². The molecule has 1 fully saturated rings. The molecule has 1 unspecified atom stereocenters. The second kappa shape index (κ2) is 13.6. The first-order valence-electron chi connectivity index (χ1n) is 13.0. The summed E-state index contributed by atoms with van der Waals surface area (Å²) < 4.78 is 15.7. The molecule has 0 saturated carbocycles. The monoisotopic (exact) mass is 539 g/mol. The van der Waals surface area contributed by atoms with Crippen molar-refractivity contribution in [2.75, 3.05) is 37.0 Å². The van der Waals surface area contributed by atoms with E-state index in [1.165, 1.54) is 13.4 Å². The van der Waals surface area contributed by atoms with Crippen molar-refractivity contribution in [2.24, 2.45) is 5.92 Å². The lowest BCUT2D eigenvalue weighted by atomic mass is 9.96. The minimum absolute atomic E-state index is 0.0143. The molecule has 1 amide bonds. The maximum atomic E-state index is 12.9. The van der Waals surface area contributed by atoms with Crippen LogP contribution in [-0.4, -0.2) is 66.4 Å². The van der Waals surface area contributed by atoms with Crippen molar-refractivity contribution in [2.45, 2.75) is 65.2 Å². The van der Waals surface area contributed by atoms with Crippen molar-refractivity contribution in [1.82, 2.24) is 15.3 Å². The fourth-order valence-electron chi connectivity index (χ4n) is 4.21. The third kappa shape index (κ3) is 8.74. The van der Waals surface area contributed by atoms with Crippen LogP contribution < -0.4 is 15.5 Å². The van der Waals surface area contributed by atoms with E-state index in [2.05, 4.69) is 37.6 Å². The van der Waals surface area contributed by atoms with E-state index in [1.54, 1.807) is 39.0 Å². The first-order valence-corrected chi connectivity index (χ1v) is 13.0.